The van der Waals surface area contributed by atoms with Crippen molar-refractivity contribution in [1.82, 2.24) is 5.16 Å². The molecule has 5 nitrogen and oxygen atoms in total. The van der Waals surface area contributed by atoms with Crippen molar-refractivity contribution in [3.63, 3.8) is 0 Å². The van der Waals surface area contributed by atoms with Crippen molar-refractivity contribution in [2.45, 2.75) is 6.92 Å². The van der Waals surface area contributed by atoms with Crippen LogP contribution in [0.3, 0.4) is 0 Å². The predicted molar refractivity (Wildman–Crippen MR) is 52.7 cm³/mol. The number of amides is 1. The largest absolute Gasteiger partial charge is 0.396 e. The number of hydrogen-bond acceptors (Lipinski definition) is 4. The average Bonchev–Trinajstić information content (AvgIpc) is 2.49. The van der Waals surface area contributed by atoms with Crippen molar-refractivity contribution in [3.8, 4) is 0 Å². The molecule has 0 unspecified atom stereocenters. The fraction of sp³-hybridized carbons (Fsp3) is 0.111. The van der Waals surface area contributed by atoms with Gasteiger partial charge in [-0.3, -0.25) is 4.79 Å². The Bertz CT molecular complexity index is 535. The van der Waals surface area contributed by atoms with Crippen molar-refractivity contribution in [3.05, 3.63) is 17.9 Å². The van der Waals surface area contributed by atoms with Gasteiger partial charge in [0, 0.05) is 13.0 Å². The molecule has 78 valence electrons. The number of rotatable bonds is 1. The van der Waals surface area contributed by atoms with Crippen LogP contribution in [0, 0.1) is 5.82 Å². The summed E-state index contributed by atoms with van der Waals surface area (Å²) in [6.45, 7) is 1.34. The van der Waals surface area contributed by atoms with E-state index in [1.165, 1.54) is 13.0 Å². The van der Waals surface area contributed by atoms with Crippen LogP contribution in [0.15, 0.2) is 16.7 Å². The average molecular weight is 209 g/mol. The van der Waals surface area contributed by atoms with Crippen LogP contribution < -0.4 is 11.1 Å². The van der Waals surface area contributed by atoms with Crippen LogP contribution >= 0.6 is 0 Å². The first-order valence-electron chi connectivity index (χ1n) is 4.20. The second-order valence-electron chi connectivity index (χ2n) is 3.08. The highest BCUT2D eigenvalue weighted by molar-refractivity contribution is 5.98. The zero-order valence-corrected chi connectivity index (χ0v) is 7.87. The molecule has 0 aliphatic heterocycles. The number of anilines is 2. The predicted octanol–water partition coefficient (Wildman–Crippen LogP) is 1.51. The molecular weight excluding hydrogens is 201 g/mol. The Morgan fingerprint density at radius 3 is 3.00 bits per heavy atom. The number of hydrogen-bond donors (Lipinski definition) is 2. The van der Waals surface area contributed by atoms with Crippen molar-refractivity contribution in [2.75, 3.05) is 11.1 Å². The lowest BCUT2D eigenvalue weighted by Crippen LogP contribution is -2.06. The quantitative estimate of drug-likeness (QED) is 0.697. The normalized spacial score (nSPS) is 10.5. The van der Waals surface area contributed by atoms with E-state index in [4.69, 9.17) is 10.3 Å². The minimum absolute atomic E-state index is 0.0164. The molecule has 1 aromatic heterocycles. The van der Waals surface area contributed by atoms with Gasteiger partial charge in [0.05, 0.1) is 11.1 Å². The molecule has 15 heavy (non-hydrogen) atoms. The fourth-order valence-corrected chi connectivity index (χ4v) is 1.23. The summed E-state index contributed by atoms with van der Waals surface area (Å²) in [5.74, 6) is -0.620. The summed E-state index contributed by atoms with van der Waals surface area (Å²) in [4.78, 5) is 10.8. The molecule has 3 N–H and O–H groups in total. The molecule has 2 rings (SSSR count). The van der Waals surface area contributed by atoms with E-state index in [-0.39, 0.29) is 23.0 Å². The zero-order chi connectivity index (χ0) is 11.0. The van der Waals surface area contributed by atoms with Gasteiger partial charge < -0.3 is 15.6 Å². The summed E-state index contributed by atoms with van der Waals surface area (Å²) >= 11 is 0. The smallest absolute Gasteiger partial charge is 0.222 e. The van der Waals surface area contributed by atoms with Crippen molar-refractivity contribution in [2.24, 2.45) is 0 Å². The minimum Gasteiger partial charge on any atom is -0.396 e. The van der Waals surface area contributed by atoms with Crippen LogP contribution in [-0.4, -0.2) is 11.1 Å². The molecule has 2 aromatic rings. The highest BCUT2D eigenvalue weighted by Crippen LogP contribution is 2.26. The Labute approximate surface area is 84.0 Å². The monoisotopic (exact) mass is 209 g/mol. The number of carbonyl (C=O) groups excluding carboxylic acids is 1. The highest BCUT2D eigenvalue weighted by atomic mass is 19.1. The molecule has 0 spiro atoms. The van der Waals surface area contributed by atoms with Crippen LogP contribution in [0.1, 0.15) is 6.92 Å². The van der Waals surface area contributed by atoms with Gasteiger partial charge in [-0.15, -0.1) is 0 Å². The van der Waals surface area contributed by atoms with Gasteiger partial charge in [0.15, 0.2) is 11.4 Å². The van der Waals surface area contributed by atoms with Gasteiger partial charge in [-0.05, 0) is 6.07 Å². The van der Waals surface area contributed by atoms with E-state index < -0.39 is 5.82 Å². The Morgan fingerprint density at radius 2 is 2.33 bits per heavy atom. The minimum atomic E-state index is -0.576. The first-order valence-corrected chi connectivity index (χ1v) is 4.20. The van der Waals surface area contributed by atoms with E-state index in [1.807, 2.05) is 0 Å². The molecule has 0 atom stereocenters. The van der Waals surface area contributed by atoms with Crippen LogP contribution in [-0.2, 0) is 4.79 Å². The lowest BCUT2D eigenvalue weighted by molar-refractivity contribution is -0.114. The Kier molecular flexibility index (Phi) is 2.03. The summed E-state index contributed by atoms with van der Waals surface area (Å²) in [5, 5.41) is 6.52. The summed E-state index contributed by atoms with van der Waals surface area (Å²) < 4.78 is 17.8. The lowest BCUT2D eigenvalue weighted by Gasteiger charge is -1.97. The Hall–Kier alpha value is -2.11. The maximum Gasteiger partial charge on any atom is 0.222 e. The summed E-state index contributed by atoms with van der Waals surface area (Å²) in [6.07, 6.45) is 0. The molecule has 0 aliphatic rings. The van der Waals surface area contributed by atoms with Crippen LogP contribution in [0.2, 0.25) is 0 Å². The number of nitrogens with two attached hydrogens (primary N) is 1. The lowest BCUT2D eigenvalue weighted by atomic mass is 10.2. The van der Waals surface area contributed by atoms with E-state index in [0.29, 0.717) is 5.39 Å². The highest BCUT2D eigenvalue weighted by Gasteiger charge is 2.12. The molecular formula is C9H8FN3O2. The zero-order valence-electron chi connectivity index (χ0n) is 7.87. The third-order valence-corrected chi connectivity index (χ3v) is 1.88. The fourth-order valence-electron chi connectivity index (χ4n) is 1.23. The molecule has 0 fully saturated rings. The number of nitrogen functional groups attached to an aromatic ring is 1. The number of aromatic nitrogens is 1. The van der Waals surface area contributed by atoms with Gasteiger partial charge in [-0.1, -0.05) is 5.16 Å². The number of carbonyl (C=O) groups is 1. The maximum atomic E-state index is 13.0. The van der Waals surface area contributed by atoms with Crippen LogP contribution in [0.5, 0.6) is 0 Å². The molecule has 0 aliphatic carbocycles. The summed E-state index contributed by atoms with van der Waals surface area (Å²) in [7, 11) is 0. The molecule has 0 radical (unpaired) electrons. The van der Waals surface area contributed by atoms with Gasteiger partial charge in [0.2, 0.25) is 5.91 Å². The third kappa shape index (κ3) is 1.61. The standard InChI is InChI=1S/C9H8FN3O2/c1-4(14)12-9-5-2-7(11)6(10)3-8(5)15-13-9/h2-3H,11H2,1H3,(H,12,13,14). The maximum absolute atomic E-state index is 13.0. The van der Waals surface area contributed by atoms with E-state index in [9.17, 15) is 9.18 Å². The van der Waals surface area contributed by atoms with Crippen LogP contribution in [0.4, 0.5) is 15.9 Å². The van der Waals surface area contributed by atoms with Gasteiger partial charge in [0.25, 0.3) is 0 Å². The van der Waals surface area contributed by atoms with Gasteiger partial charge >= 0.3 is 0 Å². The number of halogens is 1. The first kappa shape index (κ1) is 9.45. The van der Waals surface area contributed by atoms with Crippen molar-refractivity contribution in [1.29, 1.82) is 0 Å². The van der Waals surface area contributed by atoms with Gasteiger partial charge in [0.1, 0.15) is 5.82 Å². The molecule has 0 bridgehead atoms. The topological polar surface area (TPSA) is 81.2 Å². The Balaban J connectivity index is 2.59. The SMILES string of the molecule is CC(=O)Nc1noc2cc(F)c(N)cc12. The Morgan fingerprint density at radius 1 is 1.60 bits per heavy atom. The number of nitrogens with one attached hydrogen (secondary N) is 1. The second kappa shape index (κ2) is 3.23. The molecule has 1 heterocycles. The van der Waals surface area contributed by atoms with Gasteiger partial charge in [-0.25, -0.2) is 4.39 Å². The van der Waals surface area contributed by atoms with Crippen molar-refractivity contribution >= 4 is 28.4 Å². The number of benzene rings is 1. The van der Waals surface area contributed by atoms with E-state index in [2.05, 4.69) is 10.5 Å². The molecule has 6 heteroatoms. The van der Waals surface area contributed by atoms with E-state index >= 15 is 0 Å². The molecule has 1 amide bonds. The number of nitrogens with zero attached hydrogens (tertiary/aromatic N) is 1. The molecule has 0 saturated heterocycles. The third-order valence-electron chi connectivity index (χ3n) is 1.88. The summed E-state index contributed by atoms with van der Waals surface area (Å²) in [5.41, 5.74) is 5.61. The van der Waals surface area contributed by atoms with Crippen LogP contribution in [0.25, 0.3) is 11.0 Å². The first-order chi connectivity index (χ1) is 7.08. The van der Waals surface area contributed by atoms with Crippen molar-refractivity contribution < 1.29 is 13.7 Å². The van der Waals surface area contributed by atoms with Gasteiger partial charge in [-0.2, -0.15) is 0 Å². The second-order valence-corrected chi connectivity index (χ2v) is 3.08. The molecule has 0 saturated carbocycles. The summed E-state index contributed by atoms with van der Waals surface area (Å²) in [6, 6.07) is 2.50. The molecule has 1 aromatic carbocycles. The van der Waals surface area contributed by atoms with E-state index in [0.717, 1.165) is 6.07 Å². The number of fused-ring (bicyclic) bond motifs is 1. The van der Waals surface area contributed by atoms with E-state index in [1.54, 1.807) is 0 Å².